The molecule has 0 spiro atoms. The number of amides is 3. The highest BCUT2D eigenvalue weighted by atomic mass is 19.1. The molecule has 9 nitrogen and oxygen atoms in total. The number of nitrogens with zero attached hydrogens (tertiary/aromatic N) is 2. The van der Waals surface area contributed by atoms with Crippen LogP contribution in [0.4, 0.5) is 9.18 Å². The fourth-order valence-electron chi connectivity index (χ4n) is 3.39. The van der Waals surface area contributed by atoms with Crippen molar-refractivity contribution in [3.05, 3.63) is 42.3 Å². The van der Waals surface area contributed by atoms with Crippen molar-refractivity contribution in [3.8, 4) is 11.5 Å². The van der Waals surface area contributed by atoms with Gasteiger partial charge < -0.3 is 24.7 Å². The average Bonchev–Trinajstić information content (AvgIpc) is 3.25. The Hall–Kier alpha value is -3.43. The SMILES string of the molecule is CC(C)(C)OC(=O)N[C@@H](CCCCNC(=O)c1coc(-c2ccccc2)n1)C(=O)N1CC(F)C1. The first-order valence-electron chi connectivity index (χ1n) is 11.3. The molecule has 1 aromatic carbocycles. The number of hydrogen-bond acceptors (Lipinski definition) is 6. The van der Waals surface area contributed by atoms with Crippen LogP contribution in [0.3, 0.4) is 0 Å². The zero-order valence-corrected chi connectivity index (χ0v) is 19.7. The molecule has 34 heavy (non-hydrogen) atoms. The van der Waals surface area contributed by atoms with E-state index in [0.717, 1.165) is 5.56 Å². The molecule has 3 rings (SSSR count). The maximum atomic E-state index is 13.2. The number of oxazole rings is 1. The minimum absolute atomic E-state index is 0.0318. The number of hydrogen-bond donors (Lipinski definition) is 2. The highest BCUT2D eigenvalue weighted by molar-refractivity contribution is 5.92. The van der Waals surface area contributed by atoms with Crippen LogP contribution < -0.4 is 10.6 Å². The van der Waals surface area contributed by atoms with Gasteiger partial charge in [0.1, 0.15) is 24.1 Å². The fraction of sp³-hybridized carbons (Fsp3) is 0.500. The maximum absolute atomic E-state index is 13.2. The van der Waals surface area contributed by atoms with E-state index < -0.39 is 23.9 Å². The zero-order valence-electron chi connectivity index (χ0n) is 19.7. The molecule has 2 heterocycles. The minimum Gasteiger partial charge on any atom is -0.444 e. The van der Waals surface area contributed by atoms with Gasteiger partial charge >= 0.3 is 6.09 Å². The number of aromatic nitrogens is 1. The van der Waals surface area contributed by atoms with Crippen molar-refractivity contribution in [1.82, 2.24) is 20.5 Å². The summed E-state index contributed by atoms with van der Waals surface area (Å²) >= 11 is 0. The van der Waals surface area contributed by atoms with Crippen LogP contribution in [0.5, 0.6) is 0 Å². The Bertz CT molecular complexity index is 983. The highest BCUT2D eigenvalue weighted by Crippen LogP contribution is 2.18. The van der Waals surface area contributed by atoms with Crippen LogP contribution in [0, 0.1) is 0 Å². The van der Waals surface area contributed by atoms with E-state index in [2.05, 4.69) is 15.6 Å². The van der Waals surface area contributed by atoms with Crippen molar-refractivity contribution in [3.63, 3.8) is 0 Å². The third-order valence-corrected chi connectivity index (χ3v) is 5.10. The highest BCUT2D eigenvalue weighted by Gasteiger charge is 2.35. The Morgan fingerprint density at radius 2 is 1.91 bits per heavy atom. The van der Waals surface area contributed by atoms with Crippen molar-refractivity contribution < 1.29 is 27.9 Å². The number of benzene rings is 1. The average molecular weight is 475 g/mol. The molecule has 0 aliphatic carbocycles. The summed E-state index contributed by atoms with van der Waals surface area (Å²) < 4.78 is 23.8. The summed E-state index contributed by atoms with van der Waals surface area (Å²) in [6.07, 6.45) is 1.04. The number of ether oxygens (including phenoxy) is 1. The Morgan fingerprint density at radius 3 is 2.56 bits per heavy atom. The van der Waals surface area contributed by atoms with E-state index in [0.29, 0.717) is 31.7 Å². The molecule has 1 aliphatic rings. The largest absolute Gasteiger partial charge is 0.444 e. The van der Waals surface area contributed by atoms with Crippen LogP contribution in [0.2, 0.25) is 0 Å². The number of nitrogens with one attached hydrogen (secondary N) is 2. The Morgan fingerprint density at radius 1 is 1.21 bits per heavy atom. The molecule has 1 aromatic heterocycles. The summed E-state index contributed by atoms with van der Waals surface area (Å²) in [5.74, 6) is -0.332. The van der Waals surface area contributed by atoms with Gasteiger partial charge in [-0.2, -0.15) is 0 Å². The Labute approximate surface area is 198 Å². The van der Waals surface area contributed by atoms with Gasteiger partial charge in [-0.3, -0.25) is 9.59 Å². The van der Waals surface area contributed by atoms with E-state index in [9.17, 15) is 18.8 Å². The van der Waals surface area contributed by atoms with Gasteiger partial charge in [-0.15, -0.1) is 0 Å². The standard InChI is InChI=1S/C24H31FN4O5/c1-24(2,3)34-23(32)28-18(22(31)29-13-17(25)14-29)11-7-8-12-26-20(30)19-15-33-21(27-19)16-9-5-4-6-10-16/h4-6,9-10,15,17-18H,7-8,11-14H2,1-3H3,(H,26,30)(H,28,32)/t18-/m0/s1. The first kappa shape index (κ1) is 25.2. The molecule has 10 heteroatoms. The van der Waals surface area contributed by atoms with Gasteiger partial charge in [0.25, 0.3) is 5.91 Å². The van der Waals surface area contributed by atoms with E-state index >= 15 is 0 Å². The first-order valence-corrected chi connectivity index (χ1v) is 11.3. The molecule has 0 unspecified atom stereocenters. The lowest BCUT2D eigenvalue weighted by atomic mass is 10.1. The van der Waals surface area contributed by atoms with Crippen molar-refractivity contribution in [1.29, 1.82) is 0 Å². The molecular formula is C24H31FN4O5. The molecule has 1 atom stereocenters. The third kappa shape index (κ3) is 7.29. The molecule has 1 fully saturated rings. The van der Waals surface area contributed by atoms with Gasteiger partial charge in [0.15, 0.2) is 5.69 Å². The van der Waals surface area contributed by atoms with Crippen LogP contribution in [-0.4, -0.2) is 65.2 Å². The van der Waals surface area contributed by atoms with Crippen LogP contribution >= 0.6 is 0 Å². The lowest BCUT2D eigenvalue weighted by Crippen LogP contribution is -2.58. The molecule has 2 aromatic rings. The van der Waals surface area contributed by atoms with Crippen molar-refractivity contribution >= 4 is 17.9 Å². The first-order chi connectivity index (χ1) is 16.1. The number of carbonyl (C=O) groups excluding carboxylic acids is 3. The van der Waals surface area contributed by atoms with E-state index in [1.807, 2.05) is 30.3 Å². The number of rotatable bonds is 9. The molecule has 0 bridgehead atoms. The monoisotopic (exact) mass is 474 g/mol. The summed E-state index contributed by atoms with van der Waals surface area (Å²) in [5.41, 5.74) is 0.248. The number of alkyl halides is 1. The predicted molar refractivity (Wildman–Crippen MR) is 123 cm³/mol. The van der Waals surface area contributed by atoms with Gasteiger partial charge in [-0.25, -0.2) is 14.2 Å². The topological polar surface area (TPSA) is 114 Å². The minimum atomic E-state index is -1.03. The summed E-state index contributed by atoms with van der Waals surface area (Å²) in [6.45, 7) is 5.61. The van der Waals surface area contributed by atoms with Gasteiger partial charge in [-0.05, 0) is 52.2 Å². The van der Waals surface area contributed by atoms with Crippen LogP contribution in [0.15, 0.2) is 41.0 Å². The van der Waals surface area contributed by atoms with E-state index in [1.54, 1.807) is 20.8 Å². The molecule has 3 amide bonds. The fourth-order valence-corrected chi connectivity index (χ4v) is 3.39. The predicted octanol–water partition coefficient (Wildman–Crippen LogP) is 3.32. The maximum Gasteiger partial charge on any atom is 0.408 e. The summed E-state index contributed by atoms with van der Waals surface area (Å²) in [5, 5.41) is 5.37. The van der Waals surface area contributed by atoms with Crippen molar-refractivity contribution in [2.45, 2.75) is 57.8 Å². The second kappa shape index (κ2) is 11.1. The van der Waals surface area contributed by atoms with Gasteiger partial charge in [0, 0.05) is 12.1 Å². The van der Waals surface area contributed by atoms with Crippen LogP contribution in [0.1, 0.15) is 50.5 Å². The van der Waals surface area contributed by atoms with E-state index in [1.165, 1.54) is 11.2 Å². The number of halogens is 1. The number of carbonyl (C=O) groups is 3. The van der Waals surface area contributed by atoms with E-state index in [-0.39, 0.29) is 30.6 Å². The summed E-state index contributed by atoms with van der Waals surface area (Å²) in [6, 6.07) is 8.44. The Kier molecular flexibility index (Phi) is 8.25. The van der Waals surface area contributed by atoms with E-state index in [4.69, 9.17) is 9.15 Å². The summed E-state index contributed by atoms with van der Waals surface area (Å²) in [4.78, 5) is 42.7. The van der Waals surface area contributed by atoms with Crippen LogP contribution in [0.25, 0.3) is 11.5 Å². The molecule has 0 saturated carbocycles. The lowest BCUT2D eigenvalue weighted by molar-refractivity contribution is -0.140. The molecule has 1 aliphatic heterocycles. The van der Waals surface area contributed by atoms with Crippen molar-refractivity contribution in [2.24, 2.45) is 0 Å². The normalized spacial score (nSPS) is 14.8. The third-order valence-electron chi connectivity index (χ3n) is 5.10. The Balaban J connectivity index is 1.45. The van der Waals surface area contributed by atoms with Crippen LogP contribution in [-0.2, 0) is 9.53 Å². The molecule has 2 N–H and O–H groups in total. The van der Waals surface area contributed by atoms with Gasteiger partial charge in [0.05, 0.1) is 13.1 Å². The number of unbranched alkanes of at least 4 members (excludes halogenated alkanes) is 1. The molecule has 1 saturated heterocycles. The quantitative estimate of drug-likeness (QED) is 0.539. The molecular weight excluding hydrogens is 443 g/mol. The smallest absolute Gasteiger partial charge is 0.408 e. The second-order valence-corrected chi connectivity index (χ2v) is 9.19. The van der Waals surface area contributed by atoms with Crippen molar-refractivity contribution in [2.75, 3.05) is 19.6 Å². The van der Waals surface area contributed by atoms with Gasteiger partial charge in [0.2, 0.25) is 11.8 Å². The number of likely N-dealkylation sites (tertiary alicyclic amines) is 1. The molecule has 0 radical (unpaired) electrons. The molecule has 184 valence electrons. The number of alkyl carbamates (subject to hydrolysis) is 1. The van der Waals surface area contributed by atoms with Gasteiger partial charge in [-0.1, -0.05) is 18.2 Å². The summed E-state index contributed by atoms with van der Waals surface area (Å²) in [7, 11) is 0. The zero-order chi connectivity index (χ0) is 24.7. The second-order valence-electron chi connectivity index (χ2n) is 9.19. The lowest BCUT2D eigenvalue weighted by Gasteiger charge is -2.37.